The van der Waals surface area contributed by atoms with Crippen LogP contribution in [0.5, 0.6) is 0 Å². The van der Waals surface area contributed by atoms with Gasteiger partial charge in [-0.1, -0.05) is 0 Å². The fourth-order valence-corrected chi connectivity index (χ4v) is 2.20. The molecule has 0 bridgehead atoms. The molecule has 0 spiro atoms. The van der Waals surface area contributed by atoms with Crippen molar-refractivity contribution in [3.8, 4) is 6.07 Å². The number of aliphatic hydroxyl groups is 1. The predicted octanol–water partition coefficient (Wildman–Crippen LogP) is -1.20. The van der Waals surface area contributed by atoms with E-state index < -0.39 is 29.7 Å². The van der Waals surface area contributed by atoms with Gasteiger partial charge in [-0.05, 0) is 13.0 Å². The molecule has 3 N–H and O–H groups in total. The fourth-order valence-electron chi connectivity index (χ4n) is 2.20. The van der Waals surface area contributed by atoms with E-state index in [9.17, 15) is 15.2 Å². The van der Waals surface area contributed by atoms with E-state index in [4.69, 9.17) is 15.2 Å². The van der Waals surface area contributed by atoms with Gasteiger partial charge in [-0.3, -0.25) is 4.57 Å². The van der Waals surface area contributed by atoms with Gasteiger partial charge in [-0.15, -0.1) is 0 Å². The van der Waals surface area contributed by atoms with E-state index in [0.717, 1.165) is 4.57 Å². The standard InChI is InChI=1S/C11H14N4O4/c1-6-8(16)9(18-2)11(5-12,19-6)15-4-3-7(13)14-10(15)17/h3-4,6,8-9,16H,1-2H3,(H2,13,14,17)/t6?,8-,9-,11-/m1/s1. The van der Waals surface area contributed by atoms with Crippen molar-refractivity contribution in [2.24, 2.45) is 0 Å². The number of hydrogen-bond acceptors (Lipinski definition) is 7. The molecule has 4 atom stereocenters. The van der Waals surface area contributed by atoms with Gasteiger partial charge < -0.3 is 20.3 Å². The lowest BCUT2D eigenvalue weighted by molar-refractivity contribution is -0.108. The molecule has 1 aliphatic rings. The Labute approximate surface area is 109 Å². The number of methoxy groups -OCH3 is 1. The second kappa shape index (κ2) is 4.62. The Morgan fingerprint density at radius 3 is 2.95 bits per heavy atom. The van der Waals surface area contributed by atoms with E-state index >= 15 is 0 Å². The molecule has 1 aromatic rings. The monoisotopic (exact) mass is 266 g/mol. The third kappa shape index (κ3) is 1.88. The third-order valence-electron chi connectivity index (χ3n) is 3.14. The molecule has 0 saturated carbocycles. The molecule has 1 unspecified atom stereocenters. The minimum absolute atomic E-state index is 0.0369. The van der Waals surface area contributed by atoms with Crippen LogP contribution in [0.2, 0.25) is 0 Å². The van der Waals surface area contributed by atoms with Crippen LogP contribution in [-0.4, -0.2) is 40.1 Å². The Morgan fingerprint density at radius 2 is 2.42 bits per heavy atom. The first-order chi connectivity index (χ1) is 8.96. The molecule has 8 heteroatoms. The summed E-state index contributed by atoms with van der Waals surface area (Å²) in [6.45, 7) is 1.59. The number of nitriles is 1. The largest absolute Gasteiger partial charge is 0.387 e. The maximum atomic E-state index is 11.9. The molecule has 1 aliphatic heterocycles. The maximum absolute atomic E-state index is 11.9. The van der Waals surface area contributed by atoms with Crippen molar-refractivity contribution in [2.45, 2.75) is 31.0 Å². The molecule has 0 aromatic carbocycles. The zero-order chi connectivity index (χ0) is 14.2. The molecule has 2 rings (SSSR count). The van der Waals surface area contributed by atoms with Crippen LogP contribution in [0.25, 0.3) is 0 Å². The molecule has 19 heavy (non-hydrogen) atoms. The summed E-state index contributed by atoms with van der Waals surface area (Å²) in [4.78, 5) is 15.4. The molecule has 1 fully saturated rings. The molecule has 8 nitrogen and oxygen atoms in total. The number of hydrogen-bond donors (Lipinski definition) is 2. The van der Waals surface area contributed by atoms with Crippen molar-refractivity contribution in [2.75, 3.05) is 12.8 Å². The molecule has 0 radical (unpaired) electrons. The molecule has 0 aliphatic carbocycles. The highest BCUT2D eigenvalue weighted by atomic mass is 16.6. The van der Waals surface area contributed by atoms with E-state index in [1.807, 2.05) is 6.07 Å². The number of nitrogen functional groups attached to an aromatic ring is 1. The van der Waals surface area contributed by atoms with Gasteiger partial charge >= 0.3 is 5.69 Å². The normalized spacial score (nSPS) is 34.1. The maximum Gasteiger partial charge on any atom is 0.352 e. The summed E-state index contributed by atoms with van der Waals surface area (Å²) >= 11 is 0. The Bertz CT molecular complexity index is 581. The van der Waals surface area contributed by atoms with Crippen LogP contribution < -0.4 is 11.4 Å². The molecule has 2 heterocycles. The zero-order valence-electron chi connectivity index (χ0n) is 10.5. The van der Waals surface area contributed by atoms with Crippen molar-refractivity contribution in [1.29, 1.82) is 5.26 Å². The van der Waals surface area contributed by atoms with Crippen molar-refractivity contribution >= 4 is 5.82 Å². The minimum Gasteiger partial charge on any atom is -0.387 e. The Balaban J connectivity index is 2.61. The molecular weight excluding hydrogens is 252 g/mol. The average Bonchev–Trinajstić information content (AvgIpc) is 2.62. The van der Waals surface area contributed by atoms with E-state index in [0.29, 0.717) is 0 Å². The fraction of sp³-hybridized carbons (Fsp3) is 0.545. The predicted molar refractivity (Wildman–Crippen MR) is 63.8 cm³/mol. The zero-order valence-corrected chi connectivity index (χ0v) is 10.5. The summed E-state index contributed by atoms with van der Waals surface area (Å²) in [5, 5.41) is 19.4. The molecule has 1 aromatic heterocycles. The summed E-state index contributed by atoms with van der Waals surface area (Å²) < 4.78 is 11.6. The van der Waals surface area contributed by atoms with Crippen molar-refractivity contribution in [1.82, 2.24) is 9.55 Å². The van der Waals surface area contributed by atoms with Crippen molar-refractivity contribution in [3.05, 3.63) is 22.7 Å². The van der Waals surface area contributed by atoms with Gasteiger partial charge in [0.15, 0.2) is 0 Å². The third-order valence-corrected chi connectivity index (χ3v) is 3.14. The minimum atomic E-state index is -1.76. The first kappa shape index (κ1) is 13.5. The van der Waals surface area contributed by atoms with E-state index in [-0.39, 0.29) is 5.82 Å². The van der Waals surface area contributed by atoms with Gasteiger partial charge in [0, 0.05) is 13.3 Å². The van der Waals surface area contributed by atoms with Gasteiger partial charge in [0.1, 0.15) is 24.1 Å². The van der Waals surface area contributed by atoms with Crippen LogP contribution in [0, 0.1) is 11.3 Å². The van der Waals surface area contributed by atoms with Gasteiger partial charge in [-0.25, -0.2) is 4.79 Å². The summed E-state index contributed by atoms with van der Waals surface area (Å²) in [6.07, 6.45) is -1.40. The quantitative estimate of drug-likeness (QED) is 0.688. The lowest BCUT2D eigenvalue weighted by atomic mass is 10.0. The number of ether oxygens (including phenoxy) is 2. The summed E-state index contributed by atoms with van der Waals surface area (Å²) in [5.74, 6) is 0.0369. The van der Waals surface area contributed by atoms with Gasteiger partial charge in [0.2, 0.25) is 0 Å². The Morgan fingerprint density at radius 1 is 1.74 bits per heavy atom. The lowest BCUT2D eigenvalue weighted by Gasteiger charge is -2.28. The van der Waals surface area contributed by atoms with Gasteiger partial charge in [0.25, 0.3) is 5.72 Å². The van der Waals surface area contributed by atoms with Crippen LogP contribution in [0.3, 0.4) is 0 Å². The Hall–Kier alpha value is -1.95. The highest BCUT2D eigenvalue weighted by Crippen LogP contribution is 2.35. The van der Waals surface area contributed by atoms with E-state index in [2.05, 4.69) is 4.98 Å². The molecule has 102 valence electrons. The molecule has 0 amide bonds. The van der Waals surface area contributed by atoms with E-state index in [1.165, 1.54) is 19.4 Å². The highest BCUT2D eigenvalue weighted by Gasteiger charge is 2.56. The second-order valence-corrected chi connectivity index (χ2v) is 4.28. The number of aliphatic hydroxyl groups excluding tert-OH is 1. The molecule has 1 saturated heterocycles. The number of nitrogens with zero attached hydrogens (tertiary/aromatic N) is 3. The second-order valence-electron chi connectivity index (χ2n) is 4.28. The summed E-state index contributed by atoms with van der Waals surface area (Å²) in [7, 11) is 1.33. The van der Waals surface area contributed by atoms with Crippen LogP contribution in [0.15, 0.2) is 17.1 Å². The van der Waals surface area contributed by atoms with Crippen LogP contribution in [0.4, 0.5) is 5.82 Å². The van der Waals surface area contributed by atoms with E-state index in [1.54, 1.807) is 6.92 Å². The Kier molecular flexibility index (Phi) is 3.28. The van der Waals surface area contributed by atoms with Crippen molar-refractivity contribution < 1.29 is 14.6 Å². The summed E-state index contributed by atoms with van der Waals surface area (Å²) in [5.41, 5.74) is 2.90. The first-order valence-corrected chi connectivity index (χ1v) is 5.62. The van der Waals surface area contributed by atoms with Crippen LogP contribution >= 0.6 is 0 Å². The SMILES string of the molecule is CO[C@@H]1[C@H](O)C(C)O[C@@]1(C#N)n1ccc(N)nc1=O. The van der Waals surface area contributed by atoms with Gasteiger partial charge in [0.05, 0.1) is 6.10 Å². The topological polar surface area (TPSA) is 123 Å². The number of nitrogens with two attached hydrogens (primary N) is 1. The first-order valence-electron chi connectivity index (χ1n) is 5.62. The number of aromatic nitrogens is 2. The summed E-state index contributed by atoms with van der Waals surface area (Å²) in [6, 6.07) is 3.26. The van der Waals surface area contributed by atoms with Crippen molar-refractivity contribution in [3.63, 3.8) is 0 Å². The number of rotatable bonds is 2. The average molecular weight is 266 g/mol. The van der Waals surface area contributed by atoms with Crippen LogP contribution in [-0.2, 0) is 15.2 Å². The van der Waals surface area contributed by atoms with Gasteiger partial charge in [-0.2, -0.15) is 10.2 Å². The highest BCUT2D eigenvalue weighted by molar-refractivity contribution is 5.25. The number of anilines is 1. The lowest BCUT2D eigenvalue weighted by Crippen LogP contribution is -2.50. The van der Waals surface area contributed by atoms with Crippen LogP contribution in [0.1, 0.15) is 6.92 Å². The molecular formula is C11H14N4O4. The smallest absolute Gasteiger partial charge is 0.352 e.